The standard InChI is InChI=1S/C24H29N3O5/c1-25-12-6-8-20(25)16-27(17-22-11-7-14-31-22)23(28)18-26(13-15-30-2)24(29)19-32-21-9-4-3-5-10-21/h3-12,14H,13,15-19H2,1-2H3. The number of carbonyl (C=O) groups excluding carboxylic acids is 2. The second-order valence-corrected chi connectivity index (χ2v) is 7.35. The molecule has 0 saturated heterocycles. The molecule has 0 aliphatic heterocycles. The first-order valence-corrected chi connectivity index (χ1v) is 10.4. The molecule has 8 heteroatoms. The maximum absolute atomic E-state index is 13.3. The average molecular weight is 440 g/mol. The van der Waals surface area contributed by atoms with Crippen molar-refractivity contribution in [1.82, 2.24) is 14.4 Å². The Hall–Kier alpha value is -3.52. The first-order valence-electron chi connectivity index (χ1n) is 10.4. The summed E-state index contributed by atoms with van der Waals surface area (Å²) in [5.74, 6) is 0.805. The summed E-state index contributed by atoms with van der Waals surface area (Å²) in [6, 6.07) is 16.6. The second kappa shape index (κ2) is 11.8. The number of hydrogen-bond donors (Lipinski definition) is 0. The predicted octanol–water partition coefficient (Wildman–Crippen LogP) is 2.70. The SMILES string of the molecule is COCCN(CC(=O)N(Cc1ccco1)Cc1cccn1C)C(=O)COc1ccccc1. The van der Waals surface area contributed by atoms with Gasteiger partial charge in [0.1, 0.15) is 11.5 Å². The summed E-state index contributed by atoms with van der Waals surface area (Å²) in [6.07, 6.45) is 3.51. The summed E-state index contributed by atoms with van der Waals surface area (Å²) in [4.78, 5) is 29.2. The lowest BCUT2D eigenvalue weighted by atomic mass is 10.3. The summed E-state index contributed by atoms with van der Waals surface area (Å²) >= 11 is 0. The number of aryl methyl sites for hydroxylation is 1. The predicted molar refractivity (Wildman–Crippen MR) is 119 cm³/mol. The Morgan fingerprint density at radius 2 is 1.78 bits per heavy atom. The van der Waals surface area contributed by atoms with E-state index in [0.29, 0.717) is 31.2 Å². The summed E-state index contributed by atoms with van der Waals surface area (Å²) in [6.45, 7) is 1.08. The van der Waals surface area contributed by atoms with Gasteiger partial charge in [-0.05, 0) is 36.4 Å². The van der Waals surface area contributed by atoms with Crippen LogP contribution in [0.1, 0.15) is 11.5 Å². The van der Waals surface area contributed by atoms with Gasteiger partial charge < -0.3 is 28.3 Å². The Labute approximate surface area is 187 Å². The third-order valence-electron chi connectivity index (χ3n) is 5.03. The Bertz CT molecular complexity index is 969. The molecule has 0 unspecified atom stereocenters. The highest BCUT2D eigenvalue weighted by atomic mass is 16.5. The van der Waals surface area contributed by atoms with E-state index in [4.69, 9.17) is 13.9 Å². The van der Waals surface area contributed by atoms with Crippen molar-refractivity contribution < 1.29 is 23.5 Å². The minimum atomic E-state index is -0.281. The molecule has 8 nitrogen and oxygen atoms in total. The van der Waals surface area contributed by atoms with Gasteiger partial charge in [-0.3, -0.25) is 9.59 Å². The fourth-order valence-electron chi connectivity index (χ4n) is 3.19. The smallest absolute Gasteiger partial charge is 0.261 e. The fourth-order valence-corrected chi connectivity index (χ4v) is 3.19. The maximum Gasteiger partial charge on any atom is 0.261 e. The van der Waals surface area contributed by atoms with E-state index >= 15 is 0 Å². The van der Waals surface area contributed by atoms with Crippen LogP contribution in [0.5, 0.6) is 5.75 Å². The van der Waals surface area contributed by atoms with E-state index < -0.39 is 0 Å². The first-order chi connectivity index (χ1) is 15.6. The average Bonchev–Trinajstić information content (AvgIpc) is 3.47. The Morgan fingerprint density at radius 1 is 0.969 bits per heavy atom. The van der Waals surface area contributed by atoms with Crippen molar-refractivity contribution in [2.24, 2.45) is 7.05 Å². The van der Waals surface area contributed by atoms with Crippen molar-refractivity contribution in [3.63, 3.8) is 0 Å². The Balaban J connectivity index is 1.68. The second-order valence-electron chi connectivity index (χ2n) is 7.35. The van der Waals surface area contributed by atoms with Crippen LogP contribution < -0.4 is 4.74 Å². The van der Waals surface area contributed by atoms with Gasteiger partial charge in [0.25, 0.3) is 5.91 Å². The van der Waals surface area contributed by atoms with Gasteiger partial charge in [0, 0.05) is 32.6 Å². The van der Waals surface area contributed by atoms with Gasteiger partial charge in [-0.1, -0.05) is 18.2 Å². The third kappa shape index (κ3) is 6.75. The number of methoxy groups -OCH3 is 1. The van der Waals surface area contributed by atoms with Crippen LogP contribution in [-0.4, -0.2) is 59.6 Å². The van der Waals surface area contributed by atoms with Gasteiger partial charge in [0.05, 0.1) is 32.5 Å². The van der Waals surface area contributed by atoms with Crippen molar-refractivity contribution in [1.29, 1.82) is 0 Å². The molecule has 170 valence electrons. The number of hydrogen-bond acceptors (Lipinski definition) is 5. The molecule has 0 spiro atoms. The summed E-state index contributed by atoms with van der Waals surface area (Å²) in [5.41, 5.74) is 0.979. The lowest BCUT2D eigenvalue weighted by Crippen LogP contribution is -2.45. The minimum Gasteiger partial charge on any atom is -0.484 e. The van der Waals surface area contributed by atoms with E-state index in [-0.39, 0.29) is 31.5 Å². The summed E-state index contributed by atoms with van der Waals surface area (Å²) in [5, 5.41) is 0. The van der Waals surface area contributed by atoms with Gasteiger partial charge in [0.15, 0.2) is 6.61 Å². The zero-order valence-electron chi connectivity index (χ0n) is 18.5. The lowest BCUT2D eigenvalue weighted by Gasteiger charge is -2.27. The van der Waals surface area contributed by atoms with Gasteiger partial charge >= 0.3 is 0 Å². The molecule has 2 amide bonds. The van der Waals surface area contributed by atoms with Crippen LogP contribution in [-0.2, 0) is 34.5 Å². The van der Waals surface area contributed by atoms with E-state index in [1.807, 2.05) is 54.2 Å². The highest BCUT2D eigenvalue weighted by molar-refractivity contribution is 5.85. The van der Waals surface area contributed by atoms with Crippen LogP contribution in [0.25, 0.3) is 0 Å². The van der Waals surface area contributed by atoms with Crippen LogP contribution >= 0.6 is 0 Å². The van der Waals surface area contributed by atoms with Crippen molar-refractivity contribution >= 4 is 11.8 Å². The van der Waals surface area contributed by atoms with Gasteiger partial charge in [-0.15, -0.1) is 0 Å². The summed E-state index contributed by atoms with van der Waals surface area (Å²) < 4.78 is 18.1. The molecule has 2 aromatic heterocycles. The number of amides is 2. The molecule has 0 atom stereocenters. The molecule has 0 aliphatic rings. The number of benzene rings is 1. The molecule has 0 bridgehead atoms. The molecule has 0 radical (unpaired) electrons. The van der Waals surface area contributed by atoms with E-state index in [0.717, 1.165) is 5.69 Å². The molecule has 0 aliphatic carbocycles. The van der Waals surface area contributed by atoms with E-state index in [2.05, 4.69) is 0 Å². The number of para-hydroxylation sites is 1. The molecule has 0 N–H and O–H groups in total. The molecule has 1 aromatic carbocycles. The maximum atomic E-state index is 13.3. The van der Waals surface area contributed by atoms with E-state index in [9.17, 15) is 9.59 Å². The van der Waals surface area contributed by atoms with Crippen LogP contribution in [0, 0.1) is 0 Å². The fraction of sp³-hybridized carbons (Fsp3) is 0.333. The third-order valence-corrected chi connectivity index (χ3v) is 5.03. The van der Waals surface area contributed by atoms with Crippen LogP contribution in [0.4, 0.5) is 0 Å². The number of furan rings is 1. The van der Waals surface area contributed by atoms with Crippen LogP contribution in [0.2, 0.25) is 0 Å². The number of ether oxygens (including phenoxy) is 2. The zero-order chi connectivity index (χ0) is 22.8. The van der Waals surface area contributed by atoms with Gasteiger partial charge in [0.2, 0.25) is 5.91 Å². The molecular weight excluding hydrogens is 410 g/mol. The van der Waals surface area contributed by atoms with Crippen LogP contribution in [0.3, 0.4) is 0 Å². The number of nitrogens with zero attached hydrogens (tertiary/aromatic N) is 3. The molecule has 0 saturated carbocycles. The topological polar surface area (TPSA) is 77.2 Å². The quantitative estimate of drug-likeness (QED) is 0.434. The van der Waals surface area contributed by atoms with Gasteiger partial charge in [-0.2, -0.15) is 0 Å². The Kier molecular flexibility index (Phi) is 8.51. The van der Waals surface area contributed by atoms with Crippen molar-refractivity contribution in [3.05, 3.63) is 78.5 Å². The highest BCUT2D eigenvalue weighted by Gasteiger charge is 2.23. The van der Waals surface area contributed by atoms with Crippen molar-refractivity contribution in [3.8, 4) is 5.75 Å². The van der Waals surface area contributed by atoms with Crippen molar-refractivity contribution in [2.45, 2.75) is 13.1 Å². The Morgan fingerprint density at radius 3 is 2.44 bits per heavy atom. The van der Waals surface area contributed by atoms with Gasteiger partial charge in [-0.25, -0.2) is 0 Å². The molecule has 2 heterocycles. The molecular formula is C24H29N3O5. The number of aromatic nitrogens is 1. The number of rotatable bonds is 12. The van der Waals surface area contributed by atoms with E-state index in [1.165, 1.54) is 4.90 Å². The van der Waals surface area contributed by atoms with E-state index in [1.54, 1.807) is 36.5 Å². The highest BCUT2D eigenvalue weighted by Crippen LogP contribution is 2.13. The minimum absolute atomic E-state index is 0.0779. The zero-order valence-corrected chi connectivity index (χ0v) is 18.5. The molecule has 0 fully saturated rings. The van der Waals surface area contributed by atoms with Crippen LogP contribution in [0.15, 0.2) is 71.5 Å². The molecule has 3 aromatic rings. The van der Waals surface area contributed by atoms with Crippen molar-refractivity contribution in [2.75, 3.05) is 33.4 Å². The molecule has 32 heavy (non-hydrogen) atoms. The lowest BCUT2D eigenvalue weighted by molar-refractivity contribution is -0.143. The normalized spacial score (nSPS) is 10.7. The molecule has 3 rings (SSSR count). The first kappa shape index (κ1) is 23.1. The largest absolute Gasteiger partial charge is 0.484 e. The summed E-state index contributed by atoms with van der Waals surface area (Å²) in [7, 11) is 3.49. The monoisotopic (exact) mass is 439 g/mol. The number of carbonyl (C=O) groups is 2.